The maximum absolute atomic E-state index is 12.2. The number of ether oxygens (including phenoxy) is 1. The molecule has 168 valence electrons. The number of benzene rings is 2. The largest absolute Gasteiger partial charge is 0.465 e. The number of nitrogens with two attached hydrogens (primary N) is 1. The maximum Gasteiger partial charge on any atom is 0.362 e. The zero-order chi connectivity index (χ0) is 23.9. The lowest BCUT2D eigenvalue weighted by Crippen LogP contribution is -2.57. The van der Waals surface area contributed by atoms with Crippen LogP contribution in [-0.4, -0.2) is 44.5 Å². The molecule has 0 aliphatic carbocycles. The van der Waals surface area contributed by atoms with Crippen LogP contribution in [0.25, 0.3) is 0 Å². The summed E-state index contributed by atoms with van der Waals surface area (Å²) < 4.78 is 4.70. The van der Waals surface area contributed by atoms with Crippen LogP contribution in [0.3, 0.4) is 0 Å². The van der Waals surface area contributed by atoms with Gasteiger partial charge in [0, 0.05) is 28.4 Å². The van der Waals surface area contributed by atoms with Crippen molar-refractivity contribution in [2.45, 2.75) is 33.7 Å². The summed E-state index contributed by atoms with van der Waals surface area (Å²) in [4.78, 5) is 24.2. The van der Waals surface area contributed by atoms with E-state index in [0.717, 1.165) is 34.5 Å². The standard InChI is InChI=1S/C25H31N4O3/c1-17(2)29(16-30,15-24(31)32-5)23-14-18(3)21(13-19(23)4)7-6-12-28-22-10-8-20(9-11-22)25(26)27/h8-11,13-14,16-17,28H,12,15H2,1-5H3,(H3,26,27)/q+1. The van der Waals surface area contributed by atoms with Gasteiger partial charge < -0.3 is 15.8 Å². The van der Waals surface area contributed by atoms with Crippen molar-refractivity contribution in [2.24, 2.45) is 5.73 Å². The number of amidine groups is 1. The Morgan fingerprint density at radius 3 is 2.41 bits per heavy atom. The Labute approximate surface area is 189 Å². The minimum atomic E-state index is -0.436. The molecule has 32 heavy (non-hydrogen) atoms. The fourth-order valence-electron chi connectivity index (χ4n) is 3.48. The van der Waals surface area contributed by atoms with Crippen molar-refractivity contribution < 1.29 is 14.3 Å². The lowest BCUT2D eigenvalue weighted by Gasteiger charge is -2.35. The topological polar surface area (TPSA) is 105 Å². The fraction of sp³-hybridized carbons (Fsp3) is 0.320. The predicted octanol–water partition coefficient (Wildman–Crippen LogP) is 3.10. The smallest absolute Gasteiger partial charge is 0.362 e. The van der Waals surface area contributed by atoms with Gasteiger partial charge in [0.1, 0.15) is 11.5 Å². The molecule has 0 saturated carbocycles. The number of hydrogen-bond acceptors (Lipinski definition) is 5. The van der Waals surface area contributed by atoms with Gasteiger partial charge in [-0.05, 0) is 63.6 Å². The number of rotatable bonds is 8. The second-order valence-electron chi connectivity index (χ2n) is 7.96. The number of amides is 1. The Hall–Kier alpha value is -3.63. The van der Waals surface area contributed by atoms with E-state index in [1.807, 2.05) is 52.0 Å². The van der Waals surface area contributed by atoms with E-state index in [1.165, 1.54) is 7.11 Å². The first kappa shape index (κ1) is 24.6. The average molecular weight is 436 g/mol. The Balaban J connectivity index is 2.24. The molecule has 0 aromatic heterocycles. The van der Waals surface area contributed by atoms with Crippen LogP contribution in [-0.2, 0) is 14.3 Å². The van der Waals surface area contributed by atoms with E-state index >= 15 is 0 Å². The van der Waals surface area contributed by atoms with Gasteiger partial charge in [0.25, 0.3) is 0 Å². The van der Waals surface area contributed by atoms with E-state index in [4.69, 9.17) is 15.9 Å². The average Bonchev–Trinajstić information content (AvgIpc) is 2.77. The summed E-state index contributed by atoms with van der Waals surface area (Å²) in [5.74, 6) is 5.89. The first-order chi connectivity index (χ1) is 15.1. The zero-order valence-corrected chi connectivity index (χ0v) is 19.3. The highest BCUT2D eigenvalue weighted by molar-refractivity contribution is 5.95. The third-order valence-corrected chi connectivity index (χ3v) is 5.52. The van der Waals surface area contributed by atoms with E-state index in [0.29, 0.717) is 12.1 Å². The van der Waals surface area contributed by atoms with Crippen LogP contribution in [0.4, 0.5) is 11.4 Å². The van der Waals surface area contributed by atoms with Gasteiger partial charge >= 0.3 is 12.4 Å². The Kier molecular flexibility index (Phi) is 8.16. The Morgan fingerprint density at radius 1 is 1.22 bits per heavy atom. The van der Waals surface area contributed by atoms with Gasteiger partial charge in [0.05, 0.1) is 19.7 Å². The molecule has 1 atom stereocenters. The molecule has 2 aromatic carbocycles. The number of carbonyl (C=O) groups is 2. The van der Waals surface area contributed by atoms with Crippen molar-refractivity contribution in [1.82, 2.24) is 4.48 Å². The number of aryl methyl sites for hydroxylation is 2. The van der Waals surface area contributed by atoms with Gasteiger partial charge in [-0.15, -0.1) is 0 Å². The van der Waals surface area contributed by atoms with Gasteiger partial charge in [-0.2, -0.15) is 0 Å². The van der Waals surface area contributed by atoms with E-state index in [-0.39, 0.29) is 22.9 Å². The van der Waals surface area contributed by atoms with Crippen molar-refractivity contribution in [3.8, 4) is 11.8 Å². The summed E-state index contributed by atoms with van der Waals surface area (Å²) in [5, 5.41) is 10.6. The molecule has 0 radical (unpaired) electrons. The normalized spacial score (nSPS) is 12.3. The van der Waals surface area contributed by atoms with Crippen molar-refractivity contribution in [3.05, 3.63) is 58.7 Å². The monoisotopic (exact) mass is 435 g/mol. The summed E-state index contributed by atoms with van der Waals surface area (Å²) in [6.45, 7) is 8.07. The number of hydrogen-bond donors (Lipinski definition) is 3. The van der Waals surface area contributed by atoms with Crippen LogP contribution in [0.1, 0.15) is 36.1 Å². The molecule has 1 unspecified atom stereocenters. The highest BCUT2D eigenvalue weighted by atomic mass is 16.5. The third kappa shape index (κ3) is 5.54. The number of anilines is 1. The molecule has 0 heterocycles. The molecule has 7 heteroatoms. The van der Waals surface area contributed by atoms with Crippen molar-refractivity contribution in [2.75, 3.05) is 25.5 Å². The molecule has 7 nitrogen and oxygen atoms in total. The number of nitrogen functional groups attached to an aromatic ring is 1. The van der Waals surface area contributed by atoms with E-state index in [1.54, 1.807) is 12.1 Å². The molecule has 0 aliphatic rings. The molecule has 0 aliphatic heterocycles. The maximum atomic E-state index is 12.2. The van der Waals surface area contributed by atoms with Crippen LogP contribution in [0.15, 0.2) is 36.4 Å². The lowest BCUT2D eigenvalue weighted by molar-refractivity contribution is -0.144. The van der Waals surface area contributed by atoms with Gasteiger partial charge in [-0.1, -0.05) is 11.8 Å². The van der Waals surface area contributed by atoms with E-state index in [2.05, 4.69) is 17.2 Å². The predicted molar refractivity (Wildman–Crippen MR) is 129 cm³/mol. The van der Waals surface area contributed by atoms with Crippen LogP contribution in [0.2, 0.25) is 0 Å². The lowest BCUT2D eigenvalue weighted by atomic mass is 10.0. The molecule has 4 N–H and O–H groups in total. The molecule has 2 aromatic rings. The van der Waals surface area contributed by atoms with Gasteiger partial charge in [0.2, 0.25) is 0 Å². The van der Waals surface area contributed by atoms with Crippen molar-refractivity contribution in [3.63, 3.8) is 0 Å². The van der Waals surface area contributed by atoms with Crippen LogP contribution >= 0.6 is 0 Å². The van der Waals surface area contributed by atoms with Gasteiger partial charge in [-0.3, -0.25) is 5.41 Å². The molecule has 0 bridgehead atoms. The summed E-state index contributed by atoms with van der Waals surface area (Å²) in [7, 11) is 1.32. The zero-order valence-electron chi connectivity index (χ0n) is 19.3. The molecular formula is C25H31N4O3+. The second kappa shape index (κ2) is 10.6. The molecular weight excluding hydrogens is 404 g/mol. The molecule has 0 spiro atoms. The summed E-state index contributed by atoms with van der Waals surface area (Å²) in [6, 6.07) is 11.0. The summed E-state index contributed by atoms with van der Waals surface area (Å²) in [6.07, 6.45) is 0.815. The van der Waals surface area contributed by atoms with Crippen molar-refractivity contribution >= 4 is 29.6 Å². The highest BCUT2D eigenvalue weighted by Crippen LogP contribution is 2.31. The van der Waals surface area contributed by atoms with Crippen LogP contribution in [0, 0.1) is 31.1 Å². The third-order valence-electron chi connectivity index (χ3n) is 5.52. The highest BCUT2D eigenvalue weighted by Gasteiger charge is 2.39. The Bertz CT molecular complexity index is 1070. The minimum Gasteiger partial charge on any atom is -0.465 e. The van der Waals surface area contributed by atoms with Gasteiger partial charge in [0.15, 0.2) is 6.54 Å². The fourth-order valence-corrected chi connectivity index (χ4v) is 3.48. The molecule has 0 saturated heterocycles. The second-order valence-corrected chi connectivity index (χ2v) is 7.96. The van der Waals surface area contributed by atoms with Crippen LogP contribution in [0.5, 0.6) is 0 Å². The Morgan fingerprint density at radius 2 is 1.88 bits per heavy atom. The van der Waals surface area contributed by atoms with Crippen LogP contribution < -0.4 is 15.5 Å². The number of esters is 1. The minimum absolute atomic E-state index is 0.0342. The van der Waals surface area contributed by atoms with Gasteiger partial charge in [-0.25, -0.2) is 14.1 Å². The van der Waals surface area contributed by atoms with E-state index < -0.39 is 5.97 Å². The van der Waals surface area contributed by atoms with E-state index in [9.17, 15) is 9.59 Å². The molecule has 2 rings (SSSR count). The number of methoxy groups -OCH3 is 1. The number of quaternary nitrogens is 1. The first-order valence-corrected chi connectivity index (χ1v) is 10.3. The number of carbonyl (C=O) groups excluding carboxylic acids is 2. The SMILES string of the molecule is COC(=O)C[N+](C=O)(c1cc(C)c(C#CCNc2ccc(C(=N)N)cc2)cc1C)C(C)C. The molecule has 0 fully saturated rings. The summed E-state index contributed by atoms with van der Waals surface area (Å²) in [5.41, 5.74) is 10.5. The first-order valence-electron chi connectivity index (χ1n) is 10.3. The number of nitrogens with one attached hydrogen (secondary N) is 2. The quantitative estimate of drug-likeness (QED) is 0.148. The summed E-state index contributed by atoms with van der Waals surface area (Å²) >= 11 is 0. The number of nitrogens with zero attached hydrogens (tertiary/aromatic N) is 1. The molecule has 1 amide bonds. The van der Waals surface area contributed by atoms with Crippen molar-refractivity contribution in [1.29, 1.82) is 5.41 Å².